The van der Waals surface area contributed by atoms with E-state index < -0.39 is 10.0 Å². The normalized spacial score (nSPS) is 14.9. The van der Waals surface area contributed by atoms with Crippen molar-refractivity contribution < 1.29 is 22.5 Å². The summed E-state index contributed by atoms with van der Waals surface area (Å²) < 4.78 is 32.4. The molecule has 1 aliphatic heterocycles. The Morgan fingerprint density at radius 2 is 1.67 bits per heavy atom. The number of nitrogens with zero attached hydrogens (tertiary/aromatic N) is 5. The smallest absolute Gasteiger partial charge is 0.243 e. The number of aromatic nitrogens is 3. The number of rotatable bonds is 7. The number of pyridine rings is 1. The first-order valence-electron chi connectivity index (χ1n) is 10.5. The lowest BCUT2D eigenvalue weighted by atomic mass is 10.2. The highest BCUT2D eigenvalue weighted by Gasteiger charge is 2.30. The van der Waals surface area contributed by atoms with E-state index in [1.807, 2.05) is 0 Å². The van der Waals surface area contributed by atoms with Gasteiger partial charge in [-0.3, -0.25) is 14.6 Å². The molecule has 1 amide bonds. The van der Waals surface area contributed by atoms with Gasteiger partial charge in [0.25, 0.3) is 0 Å². The molecule has 0 unspecified atom stereocenters. The van der Waals surface area contributed by atoms with E-state index in [1.54, 1.807) is 29.4 Å². The standard InChI is InChI=1S/C22H23N5O5S/c1-16(28)17-2-4-19(5-3-17)33(30,31)27-14-12-26(13-15-27)21(29)7-6-20-24-22(25-32-20)18-8-10-23-11-9-18/h2-5,8-11H,6-7,12-15H2,1H3. The monoisotopic (exact) mass is 469 g/mol. The average Bonchev–Trinajstić information content (AvgIpc) is 3.32. The number of benzene rings is 1. The topological polar surface area (TPSA) is 127 Å². The molecule has 0 aliphatic carbocycles. The van der Waals surface area contributed by atoms with Gasteiger partial charge in [0.15, 0.2) is 5.78 Å². The molecule has 2 aromatic heterocycles. The largest absolute Gasteiger partial charge is 0.340 e. The third-order valence-corrected chi connectivity index (χ3v) is 7.36. The van der Waals surface area contributed by atoms with Crippen molar-refractivity contribution in [2.24, 2.45) is 0 Å². The summed E-state index contributed by atoms with van der Waals surface area (Å²) in [5.41, 5.74) is 1.23. The predicted molar refractivity (Wildman–Crippen MR) is 118 cm³/mol. The summed E-state index contributed by atoms with van der Waals surface area (Å²) in [6, 6.07) is 9.43. The Kier molecular flexibility index (Phi) is 6.61. The molecule has 1 aromatic carbocycles. The van der Waals surface area contributed by atoms with Gasteiger partial charge in [0.05, 0.1) is 4.90 Å². The highest BCUT2D eigenvalue weighted by molar-refractivity contribution is 7.89. The van der Waals surface area contributed by atoms with E-state index in [0.717, 1.165) is 5.56 Å². The van der Waals surface area contributed by atoms with Crippen LogP contribution in [0.25, 0.3) is 11.4 Å². The van der Waals surface area contributed by atoms with Crippen LogP contribution in [0, 0.1) is 0 Å². The van der Waals surface area contributed by atoms with Gasteiger partial charge in [0.2, 0.25) is 27.6 Å². The number of ketones is 1. The molecule has 172 valence electrons. The Labute approximate surface area is 191 Å². The first-order valence-corrected chi connectivity index (χ1v) is 11.9. The minimum atomic E-state index is -3.69. The fourth-order valence-corrected chi connectivity index (χ4v) is 4.96. The maximum atomic E-state index is 12.9. The summed E-state index contributed by atoms with van der Waals surface area (Å²) in [4.78, 5) is 34.0. The second kappa shape index (κ2) is 9.59. The Bertz CT molecular complexity index is 1230. The van der Waals surface area contributed by atoms with Gasteiger partial charge in [-0.1, -0.05) is 17.3 Å². The van der Waals surface area contributed by atoms with Gasteiger partial charge in [0, 0.05) is 62.5 Å². The van der Waals surface area contributed by atoms with Crippen LogP contribution in [-0.4, -0.2) is 70.6 Å². The average molecular weight is 470 g/mol. The van der Waals surface area contributed by atoms with E-state index in [0.29, 0.717) is 36.8 Å². The molecule has 11 heteroatoms. The molecule has 1 fully saturated rings. The number of aryl methyl sites for hydroxylation is 1. The van der Waals surface area contributed by atoms with Crippen LogP contribution < -0.4 is 0 Å². The first-order chi connectivity index (χ1) is 15.8. The minimum absolute atomic E-state index is 0.0958. The molecule has 0 saturated carbocycles. The van der Waals surface area contributed by atoms with Crippen LogP contribution in [0.2, 0.25) is 0 Å². The lowest BCUT2D eigenvalue weighted by Crippen LogP contribution is -2.50. The van der Waals surface area contributed by atoms with Crippen LogP contribution >= 0.6 is 0 Å². The molecule has 4 rings (SSSR count). The SMILES string of the molecule is CC(=O)c1ccc(S(=O)(=O)N2CCN(C(=O)CCc3nc(-c4ccncc4)no3)CC2)cc1. The third-order valence-electron chi connectivity index (χ3n) is 5.45. The fourth-order valence-electron chi connectivity index (χ4n) is 3.54. The number of carbonyl (C=O) groups excluding carboxylic acids is 2. The number of amides is 1. The molecule has 1 saturated heterocycles. The molecule has 0 N–H and O–H groups in total. The number of hydrogen-bond acceptors (Lipinski definition) is 8. The Balaban J connectivity index is 1.30. The number of piperazine rings is 1. The molecule has 0 bridgehead atoms. The number of Topliss-reactive ketones (excluding diaryl/α,β-unsaturated/α-hetero) is 1. The second-order valence-corrected chi connectivity index (χ2v) is 9.55. The number of carbonyl (C=O) groups is 2. The molecule has 3 heterocycles. The minimum Gasteiger partial charge on any atom is -0.340 e. The summed E-state index contributed by atoms with van der Waals surface area (Å²) in [6.45, 7) is 2.44. The van der Waals surface area contributed by atoms with Crippen molar-refractivity contribution in [3.63, 3.8) is 0 Å². The number of sulfonamides is 1. The van der Waals surface area contributed by atoms with Gasteiger partial charge >= 0.3 is 0 Å². The van der Waals surface area contributed by atoms with Crippen molar-refractivity contribution in [1.82, 2.24) is 24.3 Å². The van der Waals surface area contributed by atoms with E-state index in [-0.39, 0.29) is 36.1 Å². The Morgan fingerprint density at radius 1 is 1.00 bits per heavy atom. The van der Waals surface area contributed by atoms with Crippen molar-refractivity contribution in [3.8, 4) is 11.4 Å². The fraction of sp³-hybridized carbons (Fsp3) is 0.318. The molecule has 0 radical (unpaired) electrons. The maximum Gasteiger partial charge on any atom is 0.243 e. The van der Waals surface area contributed by atoms with Crippen LogP contribution in [0.15, 0.2) is 58.2 Å². The molecule has 1 aliphatic rings. The first kappa shape index (κ1) is 22.7. The van der Waals surface area contributed by atoms with Crippen LogP contribution in [0.5, 0.6) is 0 Å². The van der Waals surface area contributed by atoms with Gasteiger partial charge in [-0.15, -0.1) is 0 Å². The van der Waals surface area contributed by atoms with Crippen molar-refractivity contribution in [3.05, 3.63) is 60.2 Å². The zero-order valence-corrected chi connectivity index (χ0v) is 18.9. The van der Waals surface area contributed by atoms with Gasteiger partial charge in [-0.25, -0.2) is 8.42 Å². The van der Waals surface area contributed by atoms with Crippen LogP contribution in [0.1, 0.15) is 29.6 Å². The zero-order valence-electron chi connectivity index (χ0n) is 18.0. The highest BCUT2D eigenvalue weighted by Crippen LogP contribution is 2.19. The van der Waals surface area contributed by atoms with Crippen molar-refractivity contribution in [2.45, 2.75) is 24.7 Å². The molecule has 0 atom stereocenters. The zero-order chi connectivity index (χ0) is 23.4. The van der Waals surface area contributed by atoms with E-state index in [9.17, 15) is 18.0 Å². The molecule has 10 nitrogen and oxygen atoms in total. The van der Waals surface area contributed by atoms with Gasteiger partial charge < -0.3 is 9.42 Å². The summed E-state index contributed by atoms with van der Waals surface area (Å²) in [7, 11) is -3.69. The quantitative estimate of drug-likeness (QED) is 0.480. The van der Waals surface area contributed by atoms with Crippen molar-refractivity contribution in [1.29, 1.82) is 0 Å². The van der Waals surface area contributed by atoms with Crippen LogP contribution in [-0.2, 0) is 21.2 Å². The van der Waals surface area contributed by atoms with E-state index in [1.165, 1.54) is 35.5 Å². The van der Waals surface area contributed by atoms with Crippen molar-refractivity contribution >= 4 is 21.7 Å². The lowest BCUT2D eigenvalue weighted by molar-refractivity contribution is -0.132. The summed E-state index contributed by atoms with van der Waals surface area (Å²) in [6.07, 6.45) is 3.76. The van der Waals surface area contributed by atoms with E-state index in [4.69, 9.17) is 4.52 Å². The number of hydrogen-bond donors (Lipinski definition) is 0. The summed E-state index contributed by atoms with van der Waals surface area (Å²) >= 11 is 0. The third kappa shape index (κ3) is 5.15. The van der Waals surface area contributed by atoms with Crippen molar-refractivity contribution in [2.75, 3.05) is 26.2 Å². The molecule has 3 aromatic rings. The van der Waals surface area contributed by atoms with Crippen LogP contribution in [0.3, 0.4) is 0 Å². The van der Waals surface area contributed by atoms with E-state index in [2.05, 4.69) is 15.1 Å². The Hall–Kier alpha value is -3.44. The maximum absolute atomic E-state index is 12.9. The van der Waals surface area contributed by atoms with Gasteiger partial charge in [0.1, 0.15) is 0 Å². The summed E-state index contributed by atoms with van der Waals surface area (Å²) in [5, 5.41) is 3.93. The molecule has 33 heavy (non-hydrogen) atoms. The lowest BCUT2D eigenvalue weighted by Gasteiger charge is -2.34. The molecular formula is C22H23N5O5S. The Morgan fingerprint density at radius 3 is 2.30 bits per heavy atom. The highest BCUT2D eigenvalue weighted by atomic mass is 32.2. The molecular weight excluding hydrogens is 446 g/mol. The van der Waals surface area contributed by atoms with E-state index >= 15 is 0 Å². The summed E-state index contributed by atoms with van der Waals surface area (Å²) in [5.74, 6) is 0.585. The van der Waals surface area contributed by atoms with Crippen LogP contribution in [0.4, 0.5) is 0 Å². The second-order valence-electron chi connectivity index (χ2n) is 7.61. The van der Waals surface area contributed by atoms with Gasteiger partial charge in [-0.05, 0) is 31.2 Å². The molecule has 0 spiro atoms. The predicted octanol–water partition coefficient (Wildman–Crippen LogP) is 1.80. The van der Waals surface area contributed by atoms with Gasteiger partial charge in [-0.2, -0.15) is 9.29 Å².